The van der Waals surface area contributed by atoms with Gasteiger partial charge in [0.2, 0.25) is 0 Å². The van der Waals surface area contributed by atoms with Crippen molar-refractivity contribution in [2.24, 2.45) is 7.05 Å². The maximum Gasteiger partial charge on any atom is 0.255 e. The molecule has 94 valence electrons. The Hall–Kier alpha value is -2.37. The molecule has 0 unspecified atom stereocenters. The van der Waals surface area contributed by atoms with Crippen LogP contribution >= 0.6 is 0 Å². The first-order valence-corrected chi connectivity index (χ1v) is 5.55. The molecule has 0 fully saturated rings. The van der Waals surface area contributed by atoms with E-state index in [0.29, 0.717) is 17.1 Å². The van der Waals surface area contributed by atoms with Crippen LogP contribution in [0.4, 0.5) is 11.5 Å². The summed E-state index contributed by atoms with van der Waals surface area (Å²) in [6.45, 7) is 1.85. The molecule has 0 aromatic carbocycles. The standard InChI is InChI=1S/C12H15N5O/c1-8-4-9(5-11(13-2)15-8)12(18)16-10-6-14-17(3)7-10/h4-7H,1-3H3,(H,13,15)(H,16,18). The van der Waals surface area contributed by atoms with E-state index in [1.807, 2.05) is 6.92 Å². The molecule has 0 saturated heterocycles. The minimum Gasteiger partial charge on any atom is -0.373 e. The smallest absolute Gasteiger partial charge is 0.255 e. The topological polar surface area (TPSA) is 71.8 Å². The Morgan fingerprint density at radius 2 is 2.17 bits per heavy atom. The van der Waals surface area contributed by atoms with Crippen LogP contribution in [0, 0.1) is 6.92 Å². The molecule has 0 atom stereocenters. The van der Waals surface area contributed by atoms with Crippen LogP contribution in [0.5, 0.6) is 0 Å². The normalized spacial score (nSPS) is 10.2. The molecule has 0 aliphatic heterocycles. The number of rotatable bonds is 3. The molecular formula is C12H15N5O. The average molecular weight is 245 g/mol. The highest BCUT2D eigenvalue weighted by atomic mass is 16.1. The summed E-state index contributed by atoms with van der Waals surface area (Å²) < 4.78 is 1.63. The summed E-state index contributed by atoms with van der Waals surface area (Å²) in [5.41, 5.74) is 2.02. The molecule has 2 heterocycles. The van der Waals surface area contributed by atoms with Crippen LogP contribution in [-0.4, -0.2) is 27.7 Å². The molecule has 0 saturated carbocycles. The van der Waals surface area contributed by atoms with Crippen LogP contribution in [0.2, 0.25) is 0 Å². The minimum atomic E-state index is -0.176. The van der Waals surface area contributed by atoms with Gasteiger partial charge >= 0.3 is 0 Å². The van der Waals surface area contributed by atoms with Crippen molar-refractivity contribution in [2.75, 3.05) is 17.7 Å². The van der Waals surface area contributed by atoms with Gasteiger partial charge in [-0.3, -0.25) is 9.48 Å². The number of carbonyl (C=O) groups excluding carboxylic acids is 1. The van der Waals surface area contributed by atoms with Crippen molar-refractivity contribution >= 4 is 17.4 Å². The number of hydrogen-bond acceptors (Lipinski definition) is 4. The lowest BCUT2D eigenvalue weighted by atomic mass is 10.2. The van der Waals surface area contributed by atoms with Gasteiger partial charge in [0.1, 0.15) is 5.82 Å². The first-order valence-electron chi connectivity index (χ1n) is 5.55. The van der Waals surface area contributed by atoms with E-state index in [1.165, 1.54) is 0 Å². The molecular weight excluding hydrogens is 230 g/mol. The third-order valence-electron chi connectivity index (χ3n) is 2.43. The number of carbonyl (C=O) groups is 1. The maximum atomic E-state index is 12.0. The highest BCUT2D eigenvalue weighted by Gasteiger charge is 2.09. The molecule has 0 bridgehead atoms. The summed E-state index contributed by atoms with van der Waals surface area (Å²) in [6.07, 6.45) is 3.34. The Labute approximate surface area is 105 Å². The second kappa shape index (κ2) is 4.87. The van der Waals surface area contributed by atoms with E-state index in [9.17, 15) is 4.79 Å². The molecule has 0 aliphatic rings. The van der Waals surface area contributed by atoms with Crippen LogP contribution in [0.3, 0.4) is 0 Å². The van der Waals surface area contributed by atoms with Crippen LogP contribution in [0.15, 0.2) is 24.5 Å². The zero-order valence-electron chi connectivity index (χ0n) is 10.6. The molecule has 1 amide bonds. The Balaban J connectivity index is 2.20. The lowest BCUT2D eigenvalue weighted by Gasteiger charge is -2.06. The summed E-state index contributed by atoms with van der Waals surface area (Å²) in [5, 5.41) is 9.70. The molecule has 0 radical (unpaired) electrons. The fourth-order valence-electron chi connectivity index (χ4n) is 1.62. The monoisotopic (exact) mass is 245 g/mol. The second-order valence-electron chi connectivity index (χ2n) is 3.99. The van der Waals surface area contributed by atoms with Gasteiger partial charge in [0.25, 0.3) is 5.91 Å². The van der Waals surface area contributed by atoms with Gasteiger partial charge in [-0.15, -0.1) is 0 Å². The van der Waals surface area contributed by atoms with Gasteiger partial charge in [-0.25, -0.2) is 4.98 Å². The fraction of sp³-hybridized carbons (Fsp3) is 0.250. The Morgan fingerprint density at radius 1 is 1.39 bits per heavy atom. The van der Waals surface area contributed by atoms with Crippen molar-refractivity contribution in [3.05, 3.63) is 35.8 Å². The van der Waals surface area contributed by atoms with Crippen LogP contribution in [-0.2, 0) is 7.05 Å². The summed E-state index contributed by atoms with van der Waals surface area (Å²) >= 11 is 0. The SMILES string of the molecule is CNc1cc(C(=O)Nc2cnn(C)c2)cc(C)n1. The third-order valence-corrected chi connectivity index (χ3v) is 2.43. The molecule has 6 nitrogen and oxygen atoms in total. The van der Waals surface area contributed by atoms with Crippen LogP contribution in [0.25, 0.3) is 0 Å². The summed E-state index contributed by atoms with van der Waals surface area (Å²) in [7, 11) is 3.57. The number of pyridine rings is 1. The average Bonchev–Trinajstić information content (AvgIpc) is 2.73. The predicted octanol–water partition coefficient (Wildman–Crippen LogP) is 1.42. The number of aryl methyl sites for hydroxylation is 2. The molecule has 6 heteroatoms. The molecule has 2 rings (SSSR count). The number of nitrogens with zero attached hydrogens (tertiary/aromatic N) is 3. The molecule has 2 N–H and O–H groups in total. The van der Waals surface area contributed by atoms with Crippen LogP contribution in [0.1, 0.15) is 16.1 Å². The molecule has 18 heavy (non-hydrogen) atoms. The zero-order chi connectivity index (χ0) is 13.1. The van der Waals surface area contributed by atoms with E-state index in [0.717, 1.165) is 5.69 Å². The quantitative estimate of drug-likeness (QED) is 0.857. The zero-order valence-corrected chi connectivity index (χ0v) is 10.6. The number of nitrogens with one attached hydrogen (secondary N) is 2. The van der Waals surface area contributed by atoms with Crippen molar-refractivity contribution < 1.29 is 4.79 Å². The highest BCUT2D eigenvalue weighted by molar-refractivity contribution is 6.04. The Bertz CT molecular complexity index is 576. The van der Waals surface area contributed by atoms with Gasteiger partial charge in [0.15, 0.2) is 0 Å². The third kappa shape index (κ3) is 2.65. The van der Waals surface area contributed by atoms with Crippen molar-refractivity contribution in [2.45, 2.75) is 6.92 Å². The Kier molecular flexibility index (Phi) is 3.27. The number of amides is 1. The summed E-state index contributed by atoms with van der Waals surface area (Å²) in [6, 6.07) is 3.45. The van der Waals surface area contributed by atoms with E-state index in [2.05, 4.69) is 20.7 Å². The van der Waals surface area contributed by atoms with Crippen molar-refractivity contribution in [1.29, 1.82) is 0 Å². The van der Waals surface area contributed by atoms with Gasteiger partial charge in [0, 0.05) is 31.5 Å². The Morgan fingerprint density at radius 3 is 2.78 bits per heavy atom. The van der Waals surface area contributed by atoms with E-state index >= 15 is 0 Å². The van der Waals surface area contributed by atoms with E-state index < -0.39 is 0 Å². The predicted molar refractivity (Wildman–Crippen MR) is 69.7 cm³/mol. The van der Waals surface area contributed by atoms with Gasteiger partial charge in [0.05, 0.1) is 11.9 Å². The van der Waals surface area contributed by atoms with Crippen molar-refractivity contribution in [3.8, 4) is 0 Å². The lowest BCUT2D eigenvalue weighted by Crippen LogP contribution is -2.12. The van der Waals surface area contributed by atoms with Crippen LogP contribution < -0.4 is 10.6 Å². The molecule has 0 spiro atoms. The number of hydrogen-bond donors (Lipinski definition) is 2. The molecule has 2 aromatic heterocycles. The van der Waals surface area contributed by atoms with E-state index in [1.54, 1.807) is 43.3 Å². The first kappa shape index (κ1) is 12.1. The second-order valence-corrected chi connectivity index (χ2v) is 3.99. The molecule has 0 aliphatic carbocycles. The van der Waals surface area contributed by atoms with E-state index in [4.69, 9.17) is 0 Å². The minimum absolute atomic E-state index is 0.176. The fourth-order valence-corrected chi connectivity index (χ4v) is 1.62. The van der Waals surface area contributed by atoms with Gasteiger partial charge in [-0.05, 0) is 19.1 Å². The van der Waals surface area contributed by atoms with Crippen molar-refractivity contribution in [1.82, 2.24) is 14.8 Å². The van der Waals surface area contributed by atoms with Gasteiger partial charge < -0.3 is 10.6 Å². The lowest BCUT2D eigenvalue weighted by molar-refractivity contribution is 0.102. The number of aromatic nitrogens is 3. The van der Waals surface area contributed by atoms with Crippen molar-refractivity contribution in [3.63, 3.8) is 0 Å². The van der Waals surface area contributed by atoms with Gasteiger partial charge in [-0.1, -0.05) is 0 Å². The largest absolute Gasteiger partial charge is 0.373 e. The first-order chi connectivity index (χ1) is 8.58. The highest BCUT2D eigenvalue weighted by Crippen LogP contribution is 2.12. The number of anilines is 2. The van der Waals surface area contributed by atoms with E-state index in [-0.39, 0.29) is 5.91 Å². The maximum absolute atomic E-state index is 12.0. The van der Waals surface area contributed by atoms with Gasteiger partial charge in [-0.2, -0.15) is 5.10 Å². The molecule has 2 aromatic rings. The summed E-state index contributed by atoms with van der Waals surface area (Å²) in [5.74, 6) is 0.497. The summed E-state index contributed by atoms with van der Waals surface area (Å²) in [4.78, 5) is 16.3.